The number of carbonyl (C=O) groups is 3. The van der Waals surface area contributed by atoms with Gasteiger partial charge in [-0.05, 0) is 31.7 Å². The highest BCUT2D eigenvalue weighted by molar-refractivity contribution is 6.15. The molecule has 5 nitrogen and oxygen atoms in total. The van der Waals surface area contributed by atoms with Gasteiger partial charge in [-0.2, -0.15) is 0 Å². The van der Waals surface area contributed by atoms with Crippen molar-refractivity contribution in [2.45, 2.75) is 32.7 Å². The van der Waals surface area contributed by atoms with E-state index in [9.17, 15) is 14.4 Å². The molecular weight excluding hydrogens is 294 g/mol. The molecule has 0 spiro atoms. The Morgan fingerprint density at radius 3 is 2.57 bits per heavy atom. The van der Waals surface area contributed by atoms with Gasteiger partial charge < -0.3 is 9.64 Å². The van der Waals surface area contributed by atoms with Crippen molar-refractivity contribution < 1.29 is 19.1 Å². The van der Waals surface area contributed by atoms with Crippen LogP contribution >= 0.6 is 0 Å². The fraction of sp³-hybridized carbons (Fsp3) is 0.500. The summed E-state index contributed by atoms with van der Waals surface area (Å²) in [4.78, 5) is 39.0. The normalized spacial score (nSPS) is 22.0. The molecule has 2 fully saturated rings. The topological polar surface area (TPSA) is 63.7 Å². The lowest BCUT2D eigenvalue weighted by molar-refractivity contribution is -0.155. The predicted octanol–water partition coefficient (Wildman–Crippen LogP) is 1.95. The maximum atomic E-state index is 12.7. The molecule has 1 unspecified atom stereocenters. The van der Waals surface area contributed by atoms with Gasteiger partial charge >= 0.3 is 5.97 Å². The lowest BCUT2D eigenvalue weighted by Gasteiger charge is -2.18. The van der Waals surface area contributed by atoms with Gasteiger partial charge in [-0.3, -0.25) is 14.4 Å². The quantitative estimate of drug-likeness (QED) is 0.594. The number of ketones is 1. The summed E-state index contributed by atoms with van der Waals surface area (Å²) in [6, 6.07) is 9.71. The summed E-state index contributed by atoms with van der Waals surface area (Å²) in [5.41, 5.74) is -0.000458. The van der Waals surface area contributed by atoms with Crippen LogP contribution in [0.3, 0.4) is 0 Å². The van der Waals surface area contributed by atoms with Gasteiger partial charge in [0, 0.05) is 13.1 Å². The summed E-state index contributed by atoms with van der Waals surface area (Å²) >= 11 is 0. The van der Waals surface area contributed by atoms with E-state index in [0.29, 0.717) is 32.4 Å². The number of hydrogen-bond acceptors (Lipinski definition) is 4. The van der Waals surface area contributed by atoms with Crippen LogP contribution in [0.25, 0.3) is 0 Å². The van der Waals surface area contributed by atoms with Crippen molar-refractivity contribution in [1.29, 1.82) is 0 Å². The molecule has 0 N–H and O–H groups in total. The Morgan fingerprint density at radius 2 is 1.96 bits per heavy atom. The van der Waals surface area contributed by atoms with Crippen molar-refractivity contribution in [2.24, 2.45) is 11.3 Å². The summed E-state index contributed by atoms with van der Waals surface area (Å²) in [5.74, 6) is -1.55. The Hall–Kier alpha value is -2.17. The van der Waals surface area contributed by atoms with E-state index >= 15 is 0 Å². The van der Waals surface area contributed by atoms with E-state index in [1.165, 1.54) is 0 Å². The third kappa shape index (κ3) is 2.87. The second-order valence-corrected chi connectivity index (χ2v) is 6.25. The number of likely N-dealkylation sites (tertiary alicyclic amines) is 1. The Kier molecular flexibility index (Phi) is 4.20. The lowest BCUT2D eigenvalue weighted by atomic mass is 9.89. The summed E-state index contributed by atoms with van der Waals surface area (Å²) in [6.45, 7) is 3.05. The molecule has 1 aliphatic heterocycles. The molecule has 5 heteroatoms. The van der Waals surface area contributed by atoms with E-state index in [2.05, 4.69) is 0 Å². The maximum absolute atomic E-state index is 12.7. The Morgan fingerprint density at radius 1 is 1.26 bits per heavy atom. The van der Waals surface area contributed by atoms with Gasteiger partial charge in [0.1, 0.15) is 5.41 Å². The average Bonchev–Trinajstić information content (AvgIpc) is 3.30. The monoisotopic (exact) mass is 315 g/mol. The fourth-order valence-corrected chi connectivity index (χ4v) is 3.22. The van der Waals surface area contributed by atoms with Crippen LogP contribution in [0.2, 0.25) is 0 Å². The minimum atomic E-state index is -1.04. The molecule has 0 radical (unpaired) electrons. The number of rotatable bonds is 6. The third-order valence-electron chi connectivity index (χ3n) is 4.72. The number of hydrogen-bond donors (Lipinski definition) is 0. The number of ether oxygens (including phenoxy) is 1. The molecule has 1 amide bonds. The molecule has 1 aromatic rings. The number of benzene rings is 1. The van der Waals surface area contributed by atoms with Crippen molar-refractivity contribution in [3.05, 3.63) is 35.9 Å². The van der Waals surface area contributed by atoms with Crippen LogP contribution in [-0.2, 0) is 25.7 Å². The van der Waals surface area contributed by atoms with Gasteiger partial charge in [-0.15, -0.1) is 0 Å². The van der Waals surface area contributed by atoms with E-state index in [1.807, 2.05) is 30.3 Å². The molecule has 1 aliphatic carbocycles. The van der Waals surface area contributed by atoms with Gasteiger partial charge in [0.2, 0.25) is 5.91 Å². The van der Waals surface area contributed by atoms with Crippen LogP contribution < -0.4 is 0 Å². The van der Waals surface area contributed by atoms with Crippen molar-refractivity contribution >= 4 is 17.7 Å². The molecule has 1 atom stereocenters. The molecule has 1 saturated carbocycles. The molecule has 1 aromatic carbocycles. The highest BCUT2D eigenvalue weighted by Gasteiger charge is 2.61. The lowest BCUT2D eigenvalue weighted by Crippen LogP contribution is -2.37. The van der Waals surface area contributed by atoms with Crippen LogP contribution in [0.4, 0.5) is 0 Å². The highest BCUT2D eigenvalue weighted by Crippen LogP contribution is 2.50. The molecule has 1 heterocycles. The second-order valence-electron chi connectivity index (χ2n) is 6.25. The number of nitrogens with zero attached hydrogens (tertiary/aromatic N) is 1. The Labute approximate surface area is 135 Å². The molecule has 1 saturated heterocycles. The zero-order chi connectivity index (χ0) is 16.4. The van der Waals surface area contributed by atoms with Gasteiger partial charge in [0.05, 0.1) is 12.5 Å². The molecular formula is C18H21NO4. The first-order valence-electron chi connectivity index (χ1n) is 8.13. The van der Waals surface area contributed by atoms with E-state index in [-0.39, 0.29) is 18.3 Å². The molecule has 0 aromatic heterocycles. The number of amides is 1. The van der Waals surface area contributed by atoms with Crippen molar-refractivity contribution in [2.75, 3.05) is 13.2 Å². The van der Waals surface area contributed by atoms with Crippen LogP contribution in [-0.4, -0.2) is 35.7 Å². The average molecular weight is 315 g/mol. The summed E-state index contributed by atoms with van der Waals surface area (Å²) in [6.07, 6.45) is 1.51. The van der Waals surface area contributed by atoms with Gasteiger partial charge in [-0.25, -0.2) is 0 Å². The van der Waals surface area contributed by atoms with Crippen molar-refractivity contribution in [1.82, 2.24) is 4.90 Å². The van der Waals surface area contributed by atoms with Crippen molar-refractivity contribution in [3.8, 4) is 0 Å². The van der Waals surface area contributed by atoms with E-state index in [0.717, 1.165) is 5.56 Å². The highest BCUT2D eigenvalue weighted by atomic mass is 16.5. The molecule has 23 heavy (non-hydrogen) atoms. The first kappa shape index (κ1) is 15.7. The minimum Gasteiger partial charge on any atom is -0.465 e. The number of carbonyl (C=O) groups excluding carboxylic acids is 3. The molecule has 0 bridgehead atoms. The first-order valence-corrected chi connectivity index (χ1v) is 8.13. The summed E-state index contributed by atoms with van der Waals surface area (Å²) in [7, 11) is 0. The third-order valence-corrected chi connectivity index (χ3v) is 4.72. The van der Waals surface area contributed by atoms with Crippen LogP contribution in [0.1, 0.15) is 31.7 Å². The van der Waals surface area contributed by atoms with E-state index < -0.39 is 17.3 Å². The number of esters is 1. The maximum Gasteiger partial charge on any atom is 0.319 e. The summed E-state index contributed by atoms with van der Waals surface area (Å²) < 4.78 is 5.02. The fourth-order valence-electron chi connectivity index (χ4n) is 3.22. The van der Waals surface area contributed by atoms with Gasteiger partial charge in [0.25, 0.3) is 0 Å². The number of Topliss-reactive ketones (excluding diaryl/α,β-unsaturated/α-hetero) is 1. The Bertz CT molecular complexity index is 621. The molecule has 3 rings (SSSR count). The van der Waals surface area contributed by atoms with Crippen LogP contribution in [0.5, 0.6) is 0 Å². The SMILES string of the molecule is CCOC(=O)C1(C(=O)C2CCN(Cc3ccccc3)C2=O)CC1. The van der Waals surface area contributed by atoms with E-state index in [4.69, 9.17) is 4.74 Å². The molecule has 2 aliphatic rings. The summed E-state index contributed by atoms with van der Waals surface area (Å²) in [5, 5.41) is 0. The Balaban J connectivity index is 1.67. The van der Waals surface area contributed by atoms with Crippen LogP contribution in [0, 0.1) is 11.3 Å². The predicted molar refractivity (Wildman–Crippen MR) is 83.3 cm³/mol. The molecule has 122 valence electrons. The van der Waals surface area contributed by atoms with E-state index in [1.54, 1.807) is 11.8 Å². The first-order chi connectivity index (χ1) is 11.1. The zero-order valence-electron chi connectivity index (χ0n) is 13.3. The largest absolute Gasteiger partial charge is 0.465 e. The van der Waals surface area contributed by atoms with Crippen molar-refractivity contribution in [3.63, 3.8) is 0 Å². The van der Waals surface area contributed by atoms with Crippen LogP contribution in [0.15, 0.2) is 30.3 Å². The standard InChI is InChI=1S/C18H21NO4/c1-2-23-17(22)18(9-10-18)15(20)14-8-11-19(16(14)21)12-13-6-4-3-5-7-13/h3-7,14H,2,8-12H2,1H3. The van der Waals surface area contributed by atoms with Gasteiger partial charge in [-0.1, -0.05) is 30.3 Å². The smallest absolute Gasteiger partial charge is 0.319 e. The second kappa shape index (κ2) is 6.14. The van der Waals surface area contributed by atoms with Gasteiger partial charge in [0.15, 0.2) is 5.78 Å². The minimum absolute atomic E-state index is 0.158. The zero-order valence-corrected chi connectivity index (χ0v) is 13.3.